The van der Waals surface area contributed by atoms with Crippen molar-refractivity contribution in [3.8, 4) is 0 Å². The van der Waals surface area contributed by atoms with E-state index in [9.17, 15) is 4.79 Å². The van der Waals surface area contributed by atoms with Gasteiger partial charge in [-0.1, -0.05) is 0 Å². The topological polar surface area (TPSA) is 84.1 Å². The first-order valence-corrected chi connectivity index (χ1v) is 5.46. The summed E-state index contributed by atoms with van der Waals surface area (Å²) >= 11 is 3.26. The Balaban J connectivity index is 2.81. The fourth-order valence-electron chi connectivity index (χ4n) is 1.14. The van der Waals surface area contributed by atoms with Crippen molar-refractivity contribution in [3.63, 3.8) is 0 Å². The van der Waals surface area contributed by atoms with Gasteiger partial charge in [0.1, 0.15) is 28.5 Å². The Labute approximate surface area is 102 Å². The highest BCUT2D eigenvalue weighted by Gasteiger charge is 2.16. The van der Waals surface area contributed by atoms with E-state index < -0.39 is 0 Å². The van der Waals surface area contributed by atoms with Crippen LogP contribution in [0.2, 0.25) is 0 Å². The van der Waals surface area contributed by atoms with Crippen LogP contribution in [0.1, 0.15) is 6.92 Å². The van der Waals surface area contributed by atoms with E-state index in [0.29, 0.717) is 16.1 Å². The summed E-state index contributed by atoms with van der Waals surface area (Å²) in [7, 11) is 3.40. The number of nitrogen functional groups attached to an aromatic ring is 1. The summed E-state index contributed by atoms with van der Waals surface area (Å²) in [4.78, 5) is 20.9. The first-order valence-electron chi connectivity index (χ1n) is 4.67. The number of amides is 1. The lowest BCUT2D eigenvalue weighted by Gasteiger charge is -2.19. The van der Waals surface area contributed by atoms with Gasteiger partial charge in [0.15, 0.2) is 0 Å². The zero-order valence-electron chi connectivity index (χ0n) is 9.36. The monoisotopic (exact) mass is 287 g/mol. The predicted octanol–water partition coefficient (Wildman–Crippen LogP) is 0.710. The number of hydrogen-bond donors (Lipinski definition) is 2. The van der Waals surface area contributed by atoms with Gasteiger partial charge in [-0.3, -0.25) is 4.79 Å². The molecule has 0 spiro atoms. The van der Waals surface area contributed by atoms with Gasteiger partial charge in [-0.05, 0) is 22.9 Å². The molecule has 0 aliphatic heterocycles. The summed E-state index contributed by atoms with van der Waals surface area (Å²) in [6.07, 6.45) is 1.34. The maximum absolute atomic E-state index is 11.6. The van der Waals surface area contributed by atoms with Gasteiger partial charge in [0, 0.05) is 14.1 Å². The number of anilines is 2. The number of carbonyl (C=O) groups excluding carboxylic acids is 1. The van der Waals surface area contributed by atoms with Crippen LogP contribution in [0.25, 0.3) is 0 Å². The minimum Gasteiger partial charge on any atom is -0.383 e. The number of rotatable bonds is 3. The van der Waals surface area contributed by atoms with Crippen LogP contribution < -0.4 is 11.1 Å². The fourth-order valence-corrected chi connectivity index (χ4v) is 1.46. The molecule has 0 saturated carbocycles. The molecule has 0 saturated heterocycles. The highest BCUT2D eigenvalue weighted by atomic mass is 79.9. The molecule has 1 rings (SSSR count). The van der Waals surface area contributed by atoms with E-state index in [4.69, 9.17) is 5.73 Å². The summed E-state index contributed by atoms with van der Waals surface area (Å²) in [5.41, 5.74) is 5.60. The lowest BCUT2D eigenvalue weighted by Crippen LogP contribution is -2.37. The summed E-state index contributed by atoms with van der Waals surface area (Å²) < 4.78 is 0.563. The number of halogens is 1. The molecule has 0 radical (unpaired) electrons. The second kappa shape index (κ2) is 5.11. The summed E-state index contributed by atoms with van der Waals surface area (Å²) in [6.45, 7) is 1.76. The Bertz CT molecular complexity index is 395. The Morgan fingerprint density at radius 3 is 2.75 bits per heavy atom. The third kappa shape index (κ3) is 2.82. The molecule has 0 aromatic carbocycles. The third-order valence-corrected chi connectivity index (χ3v) is 2.76. The number of nitrogens with zero attached hydrogens (tertiary/aromatic N) is 3. The molecule has 1 atom stereocenters. The molecule has 0 fully saturated rings. The molecule has 0 bridgehead atoms. The lowest BCUT2D eigenvalue weighted by molar-refractivity contribution is -0.129. The summed E-state index contributed by atoms with van der Waals surface area (Å²) in [5, 5.41) is 2.96. The normalized spacial score (nSPS) is 12.0. The molecule has 1 heterocycles. The van der Waals surface area contributed by atoms with E-state index in [1.165, 1.54) is 11.2 Å². The molecule has 1 unspecified atom stereocenters. The van der Waals surface area contributed by atoms with Crippen molar-refractivity contribution >= 4 is 33.5 Å². The van der Waals surface area contributed by atoms with Crippen molar-refractivity contribution in [1.29, 1.82) is 0 Å². The van der Waals surface area contributed by atoms with E-state index in [-0.39, 0.29) is 11.9 Å². The standard InChI is InChI=1S/C9H14BrN5O/c1-5(9(16)15(2)3)14-8-6(10)7(11)12-4-13-8/h4-5H,1-3H3,(H3,11,12,13,14). The van der Waals surface area contributed by atoms with Crippen molar-refractivity contribution < 1.29 is 4.79 Å². The largest absolute Gasteiger partial charge is 0.383 e. The van der Waals surface area contributed by atoms with Gasteiger partial charge in [0.25, 0.3) is 0 Å². The SMILES string of the molecule is CC(Nc1ncnc(N)c1Br)C(=O)N(C)C. The van der Waals surface area contributed by atoms with Gasteiger partial charge in [0.2, 0.25) is 5.91 Å². The maximum atomic E-state index is 11.6. The average Bonchev–Trinajstić information content (AvgIpc) is 2.23. The van der Waals surface area contributed by atoms with Crippen LogP contribution in [0.5, 0.6) is 0 Å². The average molecular weight is 288 g/mol. The molecular formula is C9H14BrN5O. The number of hydrogen-bond acceptors (Lipinski definition) is 5. The Hall–Kier alpha value is -1.37. The molecule has 88 valence electrons. The molecule has 6 nitrogen and oxygen atoms in total. The highest BCUT2D eigenvalue weighted by molar-refractivity contribution is 9.10. The molecular weight excluding hydrogens is 274 g/mol. The molecule has 16 heavy (non-hydrogen) atoms. The second-order valence-electron chi connectivity index (χ2n) is 3.52. The molecule has 1 aromatic rings. The zero-order valence-corrected chi connectivity index (χ0v) is 10.9. The maximum Gasteiger partial charge on any atom is 0.244 e. The van der Waals surface area contributed by atoms with Gasteiger partial charge < -0.3 is 16.0 Å². The number of nitrogens with two attached hydrogens (primary N) is 1. The van der Waals surface area contributed by atoms with Crippen molar-refractivity contribution in [3.05, 3.63) is 10.8 Å². The van der Waals surface area contributed by atoms with Gasteiger partial charge in [0.05, 0.1) is 0 Å². The number of aromatic nitrogens is 2. The van der Waals surface area contributed by atoms with Gasteiger partial charge in [-0.25, -0.2) is 9.97 Å². The zero-order chi connectivity index (χ0) is 12.3. The molecule has 3 N–H and O–H groups in total. The van der Waals surface area contributed by atoms with Crippen LogP contribution in [0.15, 0.2) is 10.8 Å². The second-order valence-corrected chi connectivity index (χ2v) is 4.31. The molecule has 7 heteroatoms. The Morgan fingerprint density at radius 1 is 1.56 bits per heavy atom. The van der Waals surface area contributed by atoms with Gasteiger partial charge in [-0.2, -0.15) is 0 Å². The summed E-state index contributed by atoms with van der Waals surface area (Å²) in [6, 6.07) is -0.374. The van der Waals surface area contributed by atoms with Crippen LogP contribution in [0.4, 0.5) is 11.6 Å². The van der Waals surface area contributed by atoms with Gasteiger partial charge in [-0.15, -0.1) is 0 Å². The Kier molecular flexibility index (Phi) is 4.05. The predicted molar refractivity (Wildman–Crippen MR) is 65.9 cm³/mol. The Morgan fingerprint density at radius 2 is 2.19 bits per heavy atom. The van der Waals surface area contributed by atoms with Crippen LogP contribution in [-0.4, -0.2) is 40.9 Å². The first kappa shape index (κ1) is 12.7. The number of nitrogens with one attached hydrogen (secondary N) is 1. The lowest BCUT2D eigenvalue weighted by atomic mass is 10.3. The molecule has 1 aromatic heterocycles. The molecule has 0 aliphatic rings. The molecule has 1 amide bonds. The van der Waals surface area contributed by atoms with E-state index >= 15 is 0 Å². The number of carbonyl (C=O) groups is 1. The minimum atomic E-state index is -0.374. The van der Waals surface area contributed by atoms with E-state index in [2.05, 4.69) is 31.2 Å². The van der Waals surface area contributed by atoms with Crippen LogP contribution in [0.3, 0.4) is 0 Å². The van der Waals surface area contributed by atoms with Crippen LogP contribution in [-0.2, 0) is 4.79 Å². The van der Waals surface area contributed by atoms with Crippen molar-refractivity contribution in [2.75, 3.05) is 25.1 Å². The van der Waals surface area contributed by atoms with E-state index in [1.54, 1.807) is 21.0 Å². The van der Waals surface area contributed by atoms with E-state index in [0.717, 1.165) is 0 Å². The van der Waals surface area contributed by atoms with E-state index in [1.807, 2.05) is 0 Å². The van der Waals surface area contributed by atoms with Gasteiger partial charge >= 0.3 is 0 Å². The van der Waals surface area contributed by atoms with Crippen molar-refractivity contribution in [2.45, 2.75) is 13.0 Å². The van der Waals surface area contributed by atoms with Crippen molar-refractivity contribution in [1.82, 2.24) is 14.9 Å². The first-order chi connectivity index (χ1) is 7.43. The highest BCUT2D eigenvalue weighted by Crippen LogP contribution is 2.24. The minimum absolute atomic E-state index is 0.0379. The molecule has 0 aliphatic carbocycles. The van der Waals surface area contributed by atoms with Crippen LogP contribution >= 0.6 is 15.9 Å². The smallest absolute Gasteiger partial charge is 0.244 e. The summed E-state index contributed by atoms with van der Waals surface area (Å²) in [5.74, 6) is 0.807. The van der Waals surface area contributed by atoms with Crippen molar-refractivity contribution in [2.24, 2.45) is 0 Å². The number of likely N-dealkylation sites (N-methyl/N-ethyl adjacent to an activating group) is 1. The third-order valence-electron chi connectivity index (χ3n) is 1.98. The quantitative estimate of drug-likeness (QED) is 0.855. The van der Waals surface area contributed by atoms with Crippen LogP contribution in [0, 0.1) is 0 Å². The fraction of sp³-hybridized carbons (Fsp3) is 0.444.